The zero-order valence-electron chi connectivity index (χ0n) is 10.00. The smallest absolute Gasteiger partial charge is 0.319 e. The van der Waals surface area contributed by atoms with Crippen molar-refractivity contribution in [1.82, 2.24) is 5.32 Å². The number of urea groups is 1. The Hall–Kier alpha value is -2.11. The molecule has 0 heterocycles. The summed E-state index contributed by atoms with van der Waals surface area (Å²) in [6, 6.07) is 3.92. The van der Waals surface area contributed by atoms with Crippen LogP contribution in [0.5, 0.6) is 0 Å². The SMILES string of the molecule is Cc1ccc(NC(=O)NCCCC(=O)O)c(F)c1. The van der Waals surface area contributed by atoms with E-state index < -0.39 is 17.8 Å². The molecule has 0 saturated heterocycles. The van der Waals surface area contributed by atoms with E-state index in [2.05, 4.69) is 10.6 Å². The fraction of sp³-hybridized carbons (Fsp3) is 0.333. The minimum atomic E-state index is -0.915. The van der Waals surface area contributed by atoms with Crippen molar-refractivity contribution in [3.63, 3.8) is 0 Å². The van der Waals surface area contributed by atoms with Crippen LogP contribution in [-0.2, 0) is 4.79 Å². The van der Waals surface area contributed by atoms with E-state index in [1.165, 1.54) is 12.1 Å². The van der Waals surface area contributed by atoms with E-state index in [0.717, 1.165) is 5.56 Å². The molecule has 0 aromatic heterocycles. The fourth-order valence-corrected chi connectivity index (χ4v) is 1.33. The monoisotopic (exact) mass is 254 g/mol. The quantitative estimate of drug-likeness (QED) is 0.704. The number of anilines is 1. The van der Waals surface area contributed by atoms with E-state index >= 15 is 0 Å². The molecular formula is C12H15FN2O3. The van der Waals surface area contributed by atoms with Crippen molar-refractivity contribution in [2.45, 2.75) is 19.8 Å². The van der Waals surface area contributed by atoms with Crippen LogP contribution in [0.15, 0.2) is 18.2 Å². The molecule has 0 spiro atoms. The lowest BCUT2D eigenvalue weighted by Crippen LogP contribution is -2.30. The molecule has 3 N–H and O–H groups in total. The Bertz CT molecular complexity index is 449. The Kier molecular flexibility index (Phi) is 5.10. The van der Waals surface area contributed by atoms with E-state index in [0.29, 0.717) is 6.42 Å². The van der Waals surface area contributed by atoms with Gasteiger partial charge in [0.2, 0.25) is 0 Å². The van der Waals surface area contributed by atoms with E-state index in [9.17, 15) is 14.0 Å². The maximum absolute atomic E-state index is 13.4. The second-order valence-corrected chi connectivity index (χ2v) is 3.86. The van der Waals surface area contributed by atoms with Crippen molar-refractivity contribution < 1.29 is 19.1 Å². The first-order valence-corrected chi connectivity index (χ1v) is 5.52. The molecule has 0 atom stereocenters. The molecule has 1 rings (SSSR count). The number of aryl methyl sites for hydroxylation is 1. The number of amides is 2. The van der Waals surface area contributed by atoms with Crippen LogP contribution in [0.4, 0.5) is 14.9 Å². The second kappa shape index (κ2) is 6.58. The molecule has 6 heteroatoms. The molecule has 0 radical (unpaired) electrons. The van der Waals surface area contributed by atoms with Crippen molar-refractivity contribution in [3.8, 4) is 0 Å². The Morgan fingerprint density at radius 1 is 1.39 bits per heavy atom. The van der Waals surface area contributed by atoms with E-state index in [-0.39, 0.29) is 18.7 Å². The van der Waals surface area contributed by atoms with Gasteiger partial charge in [0, 0.05) is 13.0 Å². The maximum atomic E-state index is 13.4. The number of halogens is 1. The molecule has 0 fully saturated rings. The number of aliphatic carboxylic acids is 1. The summed E-state index contributed by atoms with van der Waals surface area (Å²) in [4.78, 5) is 21.6. The van der Waals surface area contributed by atoms with Gasteiger partial charge in [-0.2, -0.15) is 0 Å². The molecular weight excluding hydrogens is 239 g/mol. The number of nitrogens with one attached hydrogen (secondary N) is 2. The van der Waals surface area contributed by atoms with Crippen LogP contribution in [0.2, 0.25) is 0 Å². The Morgan fingerprint density at radius 3 is 2.72 bits per heavy atom. The minimum Gasteiger partial charge on any atom is -0.481 e. The number of carbonyl (C=O) groups excluding carboxylic acids is 1. The highest BCUT2D eigenvalue weighted by molar-refractivity contribution is 5.89. The van der Waals surface area contributed by atoms with Crippen LogP contribution in [0.3, 0.4) is 0 Å². The average Bonchev–Trinajstić information content (AvgIpc) is 2.28. The summed E-state index contributed by atoms with van der Waals surface area (Å²) in [7, 11) is 0. The fourth-order valence-electron chi connectivity index (χ4n) is 1.33. The van der Waals surface area contributed by atoms with Gasteiger partial charge >= 0.3 is 12.0 Å². The summed E-state index contributed by atoms with van der Waals surface area (Å²) >= 11 is 0. The van der Waals surface area contributed by atoms with Crippen molar-refractivity contribution in [2.24, 2.45) is 0 Å². The van der Waals surface area contributed by atoms with Gasteiger partial charge in [0.25, 0.3) is 0 Å². The van der Waals surface area contributed by atoms with Gasteiger partial charge < -0.3 is 15.7 Å². The Balaban J connectivity index is 2.38. The molecule has 1 aromatic rings. The highest BCUT2D eigenvalue weighted by atomic mass is 19.1. The number of carbonyl (C=O) groups is 2. The highest BCUT2D eigenvalue weighted by Gasteiger charge is 2.06. The molecule has 5 nitrogen and oxygen atoms in total. The van der Waals surface area contributed by atoms with Crippen molar-refractivity contribution >= 4 is 17.7 Å². The Labute approximate surface area is 104 Å². The van der Waals surface area contributed by atoms with Gasteiger partial charge in [-0.1, -0.05) is 6.07 Å². The first-order chi connectivity index (χ1) is 8.49. The zero-order valence-corrected chi connectivity index (χ0v) is 10.00. The third-order valence-corrected chi connectivity index (χ3v) is 2.23. The third kappa shape index (κ3) is 4.82. The predicted octanol–water partition coefficient (Wildman–Crippen LogP) is 2.12. The van der Waals surface area contributed by atoms with Crippen LogP contribution in [-0.4, -0.2) is 23.7 Å². The molecule has 0 saturated carbocycles. The van der Waals surface area contributed by atoms with Gasteiger partial charge in [-0.15, -0.1) is 0 Å². The van der Waals surface area contributed by atoms with Crippen LogP contribution < -0.4 is 10.6 Å². The van der Waals surface area contributed by atoms with Crippen molar-refractivity contribution in [1.29, 1.82) is 0 Å². The summed E-state index contributed by atoms with van der Waals surface area (Å²) in [6.07, 6.45) is 0.318. The molecule has 0 aliphatic heterocycles. The molecule has 0 bridgehead atoms. The third-order valence-electron chi connectivity index (χ3n) is 2.23. The summed E-state index contributed by atoms with van der Waals surface area (Å²) in [5, 5.41) is 13.2. The number of hydrogen-bond acceptors (Lipinski definition) is 2. The van der Waals surface area contributed by atoms with Crippen molar-refractivity contribution in [3.05, 3.63) is 29.6 Å². The standard InChI is InChI=1S/C12H15FN2O3/c1-8-4-5-10(9(13)7-8)15-12(18)14-6-2-3-11(16)17/h4-5,7H,2-3,6H2,1H3,(H,16,17)(H2,14,15,18). The number of carboxylic acids is 1. The van der Waals surface area contributed by atoms with Crippen molar-refractivity contribution in [2.75, 3.05) is 11.9 Å². The molecule has 98 valence electrons. The summed E-state index contributed by atoms with van der Waals surface area (Å²) in [6.45, 7) is 1.98. The normalized spacial score (nSPS) is 9.89. The summed E-state index contributed by atoms with van der Waals surface area (Å²) in [5.41, 5.74) is 0.858. The van der Waals surface area contributed by atoms with Crippen LogP contribution in [0.1, 0.15) is 18.4 Å². The van der Waals surface area contributed by atoms with E-state index in [1.54, 1.807) is 13.0 Å². The topological polar surface area (TPSA) is 78.4 Å². The number of carboxylic acid groups (broad SMARTS) is 1. The minimum absolute atomic E-state index is 0.0147. The van der Waals surface area contributed by atoms with Crippen LogP contribution >= 0.6 is 0 Å². The lowest BCUT2D eigenvalue weighted by Gasteiger charge is -2.08. The lowest BCUT2D eigenvalue weighted by atomic mass is 10.2. The van der Waals surface area contributed by atoms with Crippen LogP contribution in [0.25, 0.3) is 0 Å². The molecule has 0 aliphatic carbocycles. The molecule has 1 aromatic carbocycles. The summed E-state index contributed by atoms with van der Waals surface area (Å²) in [5.74, 6) is -1.42. The predicted molar refractivity (Wildman–Crippen MR) is 65.0 cm³/mol. The van der Waals surface area contributed by atoms with Gasteiger partial charge in [0.1, 0.15) is 5.82 Å². The first-order valence-electron chi connectivity index (χ1n) is 5.52. The van der Waals surface area contributed by atoms with Gasteiger partial charge in [0.05, 0.1) is 5.69 Å². The molecule has 0 unspecified atom stereocenters. The van der Waals surface area contributed by atoms with E-state index in [4.69, 9.17) is 5.11 Å². The molecule has 18 heavy (non-hydrogen) atoms. The average molecular weight is 254 g/mol. The molecule has 2 amide bonds. The largest absolute Gasteiger partial charge is 0.481 e. The van der Waals surface area contributed by atoms with Gasteiger partial charge in [0.15, 0.2) is 0 Å². The summed E-state index contributed by atoms with van der Waals surface area (Å²) < 4.78 is 13.4. The van der Waals surface area contributed by atoms with Crippen LogP contribution in [0, 0.1) is 12.7 Å². The highest BCUT2D eigenvalue weighted by Crippen LogP contribution is 2.14. The lowest BCUT2D eigenvalue weighted by molar-refractivity contribution is -0.137. The number of hydrogen-bond donors (Lipinski definition) is 3. The van der Waals surface area contributed by atoms with Gasteiger partial charge in [-0.05, 0) is 31.0 Å². The molecule has 0 aliphatic rings. The Morgan fingerprint density at radius 2 is 2.11 bits per heavy atom. The van der Waals surface area contributed by atoms with Gasteiger partial charge in [-0.25, -0.2) is 9.18 Å². The van der Waals surface area contributed by atoms with E-state index in [1.807, 2.05) is 0 Å². The van der Waals surface area contributed by atoms with Gasteiger partial charge in [-0.3, -0.25) is 4.79 Å². The number of benzene rings is 1. The zero-order chi connectivity index (χ0) is 13.5. The first kappa shape index (κ1) is 14.0. The number of rotatable bonds is 5. The maximum Gasteiger partial charge on any atom is 0.319 e. The second-order valence-electron chi connectivity index (χ2n) is 3.86.